The molecular weight excluding hydrogens is 250 g/mol. The van der Waals surface area contributed by atoms with Gasteiger partial charge in [-0.05, 0) is 26.1 Å². The second kappa shape index (κ2) is 5.42. The van der Waals surface area contributed by atoms with Gasteiger partial charge in [0.25, 0.3) is 0 Å². The number of nitrogens with two attached hydrogens (primary N) is 1. The number of rotatable bonds is 3. The van der Waals surface area contributed by atoms with E-state index in [1.165, 1.54) is 0 Å². The molecule has 0 amide bonds. The Morgan fingerprint density at radius 3 is 2.65 bits per heavy atom. The highest BCUT2D eigenvalue weighted by molar-refractivity contribution is 5.78. The minimum atomic E-state index is 0.476. The van der Waals surface area contributed by atoms with Crippen LogP contribution in [0.15, 0.2) is 24.3 Å². The SMILES string of the molecule is CC(Cn1c(N)nc2ccccc21)N1CCN(C)CC1. The third-order valence-corrected chi connectivity index (χ3v) is 4.29. The molecule has 5 heteroatoms. The van der Waals surface area contributed by atoms with Crippen LogP contribution in [0.1, 0.15) is 6.92 Å². The maximum atomic E-state index is 6.08. The Kier molecular flexibility index (Phi) is 3.63. The first-order chi connectivity index (χ1) is 9.65. The average molecular weight is 273 g/mol. The van der Waals surface area contributed by atoms with Crippen LogP contribution in [0.2, 0.25) is 0 Å². The maximum Gasteiger partial charge on any atom is 0.201 e. The number of nitrogens with zero attached hydrogens (tertiary/aromatic N) is 4. The Morgan fingerprint density at radius 2 is 1.90 bits per heavy atom. The lowest BCUT2D eigenvalue weighted by Gasteiger charge is -2.36. The van der Waals surface area contributed by atoms with Crippen LogP contribution in [0.4, 0.5) is 5.95 Å². The number of hydrogen-bond donors (Lipinski definition) is 1. The van der Waals surface area contributed by atoms with Crippen molar-refractivity contribution in [1.82, 2.24) is 19.4 Å². The third kappa shape index (κ3) is 2.51. The Balaban J connectivity index is 1.77. The molecule has 1 atom stereocenters. The van der Waals surface area contributed by atoms with E-state index in [1.54, 1.807) is 0 Å². The molecule has 5 nitrogen and oxygen atoms in total. The number of para-hydroxylation sites is 2. The lowest BCUT2D eigenvalue weighted by molar-refractivity contribution is 0.111. The summed E-state index contributed by atoms with van der Waals surface area (Å²) in [6.07, 6.45) is 0. The fraction of sp³-hybridized carbons (Fsp3) is 0.533. The van der Waals surface area contributed by atoms with Crippen molar-refractivity contribution in [2.24, 2.45) is 0 Å². The highest BCUT2D eigenvalue weighted by atomic mass is 15.3. The zero-order chi connectivity index (χ0) is 14.1. The van der Waals surface area contributed by atoms with Gasteiger partial charge in [-0.15, -0.1) is 0 Å². The molecule has 2 aromatic rings. The van der Waals surface area contributed by atoms with E-state index in [-0.39, 0.29) is 0 Å². The van der Waals surface area contributed by atoms with Crippen molar-refractivity contribution in [2.75, 3.05) is 39.0 Å². The number of nitrogen functional groups attached to an aromatic ring is 1. The number of imidazole rings is 1. The molecule has 0 saturated carbocycles. The van der Waals surface area contributed by atoms with Crippen molar-refractivity contribution in [1.29, 1.82) is 0 Å². The Morgan fingerprint density at radius 1 is 1.20 bits per heavy atom. The summed E-state index contributed by atoms with van der Waals surface area (Å²) in [5.41, 5.74) is 8.19. The number of piperazine rings is 1. The van der Waals surface area contributed by atoms with Crippen molar-refractivity contribution in [3.63, 3.8) is 0 Å². The summed E-state index contributed by atoms with van der Waals surface area (Å²) >= 11 is 0. The van der Waals surface area contributed by atoms with E-state index in [2.05, 4.69) is 39.4 Å². The zero-order valence-corrected chi connectivity index (χ0v) is 12.3. The van der Waals surface area contributed by atoms with Gasteiger partial charge < -0.3 is 15.2 Å². The van der Waals surface area contributed by atoms with Gasteiger partial charge in [-0.3, -0.25) is 4.90 Å². The largest absolute Gasteiger partial charge is 0.369 e. The molecule has 1 fully saturated rings. The molecule has 1 unspecified atom stereocenters. The zero-order valence-electron chi connectivity index (χ0n) is 12.3. The first-order valence-electron chi connectivity index (χ1n) is 7.28. The van der Waals surface area contributed by atoms with Crippen LogP contribution in [0, 0.1) is 0 Å². The molecule has 1 aromatic carbocycles. The topological polar surface area (TPSA) is 50.3 Å². The normalized spacial score (nSPS) is 19.5. The summed E-state index contributed by atoms with van der Waals surface area (Å²) in [6, 6.07) is 8.63. The average Bonchev–Trinajstić information content (AvgIpc) is 2.76. The fourth-order valence-corrected chi connectivity index (χ4v) is 2.93. The third-order valence-electron chi connectivity index (χ3n) is 4.29. The van der Waals surface area contributed by atoms with Crippen LogP contribution in [0.3, 0.4) is 0 Å². The maximum absolute atomic E-state index is 6.08. The van der Waals surface area contributed by atoms with Crippen molar-refractivity contribution in [3.05, 3.63) is 24.3 Å². The Bertz CT molecular complexity index is 583. The van der Waals surface area contributed by atoms with Crippen LogP contribution in [-0.2, 0) is 6.54 Å². The predicted molar refractivity (Wildman–Crippen MR) is 82.7 cm³/mol. The van der Waals surface area contributed by atoms with Gasteiger partial charge in [-0.2, -0.15) is 0 Å². The van der Waals surface area contributed by atoms with Gasteiger partial charge in [-0.1, -0.05) is 12.1 Å². The monoisotopic (exact) mass is 273 g/mol. The smallest absolute Gasteiger partial charge is 0.201 e. The van der Waals surface area contributed by atoms with E-state index < -0.39 is 0 Å². The van der Waals surface area contributed by atoms with Crippen molar-refractivity contribution in [2.45, 2.75) is 19.5 Å². The van der Waals surface area contributed by atoms with Crippen LogP contribution in [-0.4, -0.2) is 58.6 Å². The van der Waals surface area contributed by atoms with Crippen LogP contribution < -0.4 is 5.73 Å². The molecule has 0 aliphatic carbocycles. The van der Waals surface area contributed by atoms with Crippen LogP contribution in [0.5, 0.6) is 0 Å². The first-order valence-corrected chi connectivity index (χ1v) is 7.28. The molecule has 0 radical (unpaired) electrons. The summed E-state index contributed by atoms with van der Waals surface area (Å²) in [5, 5.41) is 0. The van der Waals surface area contributed by atoms with Crippen molar-refractivity contribution >= 4 is 17.0 Å². The molecule has 0 spiro atoms. The summed E-state index contributed by atoms with van der Waals surface area (Å²) in [4.78, 5) is 9.35. The minimum Gasteiger partial charge on any atom is -0.369 e. The molecule has 0 bridgehead atoms. The summed E-state index contributed by atoms with van der Waals surface area (Å²) in [5.74, 6) is 0.618. The number of likely N-dealkylation sites (N-methyl/N-ethyl adjacent to an activating group) is 1. The van der Waals surface area contributed by atoms with Gasteiger partial charge in [0.2, 0.25) is 5.95 Å². The van der Waals surface area contributed by atoms with Gasteiger partial charge in [-0.25, -0.2) is 4.98 Å². The number of hydrogen-bond acceptors (Lipinski definition) is 4. The Hall–Kier alpha value is -1.59. The quantitative estimate of drug-likeness (QED) is 0.914. The number of anilines is 1. The van der Waals surface area contributed by atoms with E-state index in [0.717, 1.165) is 43.8 Å². The lowest BCUT2D eigenvalue weighted by Crippen LogP contribution is -2.49. The van der Waals surface area contributed by atoms with E-state index in [0.29, 0.717) is 12.0 Å². The number of aromatic nitrogens is 2. The fourth-order valence-electron chi connectivity index (χ4n) is 2.93. The molecular formula is C15H23N5. The molecule has 2 N–H and O–H groups in total. The van der Waals surface area contributed by atoms with Gasteiger partial charge >= 0.3 is 0 Å². The van der Waals surface area contributed by atoms with Gasteiger partial charge in [0, 0.05) is 38.8 Å². The van der Waals surface area contributed by atoms with Crippen LogP contribution >= 0.6 is 0 Å². The predicted octanol–water partition coefficient (Wildman–Crippen LogP) is 1.25. The molecule has 20 heavy (non-hydrogen) atoms. The number of fused-ring (bicyclic) bond motifs is 1. The van der Waals surface area contributed by atoms with E-state index in [9.17, 15) is 0 Å². The van der Waals surface area contributed by atoms with Crippen molar-refractivity contribution < 1.29 is 0 Å². The standard InChI is InChI=1S/C15H23N5/c1-12(19-9-7-18(2)8-10-19)11-20-14-6-4-3-5-13(14)17-15(20)16/h3-6,12H,7-11H2,1-2H3,(H2,16,17). The summed E-state index contributed by atoms with van der Waals surface area (Å²) in [6.45, 7) is 7.72. The lowest BCUT2D eigenvalue weighted by atomic mass is 10.2. The summed E-state index contributed by atoms with van der Waals surface area (Å²) < 4.78 is 2.14. The molecule has 1 aromatic heterocycles. The molecule has 1 aliphatic rings. The first kappa shape index (κ1) is 13.4. The Labute approximate surface area is 120 Å². The molecule has 2 heterocycles. The molecule has 3 rings (SSSR count). The van der Waals surface area contributed by atoms with E-state index >= 15 is 0 Å². The molecule has 108 valence electrons. The second-order valence-corrected chi connectivity index (χ2v) is 5.76. The van der Waals surface area contributed by atoms with E-state index in [1.807, 2.05) is 18.2 Å². The minimum absolute atomic E-state index is 0.476. The van der Waals surface area contributed by atoms with Gasteiger partial charge in [0.1, 0.15) is 0 Å². The highest BCUT2D eigenvalue weighted by Crippen LogP contribution is 2.19. The summed E-state index contributed by atoms with van der Waals surface area (Å²) in [7, 11) is 2.18. The van der Waals surface area contributed by atoms with E-state index in [4.69, 9.17) is 5.73 Å². The van der Waals surface area contributed by atoms with Gasteiger partial charge in [0.05, 0.1) is 11.0 Å². The molecule has 1 aliphatic heterocycles. The second-order valence-electron chi connectivity index (χ2n) is 5.76. The van der Waals surface area contributed by atoms with Gasteiger partial charge in [0.15, 0.2) is 0 Å². The highest BCUT2D eigenvalue weighted by Gasteiger charge is 2.20. The molecule has 1 saturated heterocycles. The number of benzene rings is 1. The van der Waals surface area contributed by atoms with Crippen LogP contribution in [0.25, 0.3) is 11.0 Å². The van der Waals surface area contributed by atoms with Crippen molar-refractivity contribution in [3.8, 4) is 0 Å².